The van der Waals surface area contributed by atoms with Crippen LogP contribution in [-0.4, -0.2) is 34.2 Å². The lowest BCUT2D eigenvalue weighted by Crippen LogP contribution is -2.06. The summed E-state index contributed by atoms with van der Waals surface area (Å²) in [6.07, 6.45) is 8.02. The average molecular weight is 379 g/mol. The highest BCUT2D eigenvalue weighted by molar-refractivity contribution is 7.90. The maximum atomic E-state index is 11.9. The van der Waals surface area contributed by atoms with Gasteiger partial charge >= 0.3 is 0 Å². The minimum Gasteiger partial charge on any atom is -0.365 e. The first-order chi connectivity index (χ1) is 13.0. The van der Waals surface area contributed by atoms with Crippen LogP contribution in [0.15, 0.2) is 72.4 Å². The van der Waals surface area contributed by atoms with Crippen LogP contribution in [-0.2, 0) is 16.4 Å². The third kappa shape index (κ3) is 3.52. The van der Waals surface area contributed by atoms with Crippen LogP contribution in [0.3, 0.4) is 0 Å². The van der Waals surface area contributed by atoms with Crippen LogP contribution in [0.5, 0.6) is 0 Å². The maximum absolute atomic E-state index is 11.9. The van der Waals surface area contributed by atoms with Crippen LogP contribution in [0.2, 0.25) is 0 Å². The molecule has 0 atom stereocenters. The number of aromatic nitrogens is 4. The first-order valence-electron chi connectivity index (χ1n) is 8.27. The number of imidazole rings is 1. The van der Waals surface area contributed by atoms with Crippen molar-refractivity contribution in [2.24, 2.45) is 0 Å². The summed E-state index contributed by atoms with van der Waals surface area (Å²) in [5, 5.41) is 3.97. The van der Waals surface area contributed by atoms with Crippen molar-refractivity contribution < 1.29 is 8.42 Å². The van der Waals surface area contributed by atoms with E-state index in [2.05, 4.69) is 20.3 Å². The fraction of sp³-hybridized carbons (Fsp3) is 0.105. The highest BCUT2D eigenvalue weighted by Gasteiger charge is 2.11. The van der Waals surface area contributed by atoms with Crippen molar-refractivity contribution in [1.29, 1.82) is 0 Å². The third-order valence-corrected chi connectivity index (χ3v) is 5.37. The zero-order chi connectivity index (χ0) is 18.9. The van der Waals surface area contributed by atoms with E-state index >= 15 is 0 Å². The smallest absolute Gasteiger partial charge is 0.175 e. The summed E-state index contributed by atoms with van der Waals surface area (Å²) >= 11 is 0. The monoisotopic (exact) mass is 379 g/mol. The first kappa shape index (κ1) is 17.2. The molecule has 0 bridgehead atoms. The number of anilines is 1. The Bertz CT molecular complexity index is 1200. The molecule has 0 radical (unpaired) electrons. The van der Waals surface area contributed by atoms with E-state index < -0.39 is 9.84 Å². The zero-order valence-electron chi connectivity index (χ0n) is 14.6. The second kappa shape index (κ2) is 6.81. The van der Waals surface area contributed by atoms with Crippen molar-refractivity contribution >= 4 is 26.6 Å². The van der Waals surface area contributed by atoms with Crippen LogP contribution in [0.1, 0.15) is 5.56 Å². The second-order valence-electron chi connectivity index (χ2n) is 6.13. The third-order valence-electron chi connectivity index (χ3n) is 4.26. The average Bonchev–Trinajstić information content (AvgIpc) is 3.20. The summed E-state index contributed by atoms with van der Waals surface area (Å²) in [7, 11) is -3.31. The Morgan fingerprint density at radius 1 is 1.11 bits per heavy atom. The molecular formula is C19H17N5O2S. The molecule has 0 aliphatic carbocycles. The molecule has 0 unspecified atom stereocenters. The van der Waals surface area contributed by atoms with E-state index in [1.807, 2.05) is 35.0 Å². The van der Waals surface area contributed by atoms with Crippen molar-refractivity contribution in [2.75, 3.05) is 11.6 Å². The van der Waals surface area contributed by atoms with Crippen molar-refractivity contribution in [3.63, 3.8) is 0 Å². The topological polar surface area (TPSA) is 89.8 Å². The number of para-hydroxylation sites is 1. The Labute approximate surface area is 156 Å². The quantitative estimate of drug-likeness (QED) is 0.573. The normalized spacial score (nSPS) is 11.6. The van der Waals surface area contributed by atoms with E-state index in [1.54, 1.807) is 30.7 Å². The zero-order valence-corrected chi connectivity index (χ0v) is 15.4. The highest BCUT2D eigenvalue weighted by Crippen LogP contribution is 2.24. The molecule has 0 aliphatic rings. The Morgan fingerprint density at radius 2 is 1.96 bits per heavy atom. The number of nitrogens with one attached hydrogen (secondary N) is 1. The number of fused-ring (bicyclic) bond motifs is 1. The minimum absolute atomic E-state index is 0.242. The number of hydrogen-bond acceptors (Lipinski definition) is 6. The lowest BCUT2D eigenvalue weighted by Gasteiger charge is -2.13. The molecule has 0 aliphatic heterocycles. The summed E-state index contributed by atoms with van der Waals surface area (Å²) in [5.41, 5.74) is 2.75. The molecule has 2 heterocycles. The molecule has 4 aromatic rings. The van der Waals surface area contributed by atoms with Gasteiger partial charge in [-0.25, -0.2) is 23.4 Å². The molecule has 0 amide bonds. The van der Waals surface area contributed by atoms with E-state index in [9.17, 15) is 8.42 Å². The summed E-state index contributed by atoms with van der Waals surface area (Å²) < 4.78 is 25.7. The highest BCUT2D eigenvalue weighted by atomic mass is 32.2. The van der Waals surface area contributed by atoms with Gasteiger partial charge in [0.2, 0.25) is 0 Å². The van der Waals surface area contributed by atoms with E-state index in [-0.39, 0.29) is 4.90 Å². The summed E-state index contributed by atoms with van der Waals surface area (Å²) in [6.45, 7) is 0.517. The van der Waals surface area contributed by atoms with E-state index in [0.717, 1.165) is 11.3 Å². The summed E-state index contributed by atoms with van der Waals surface area (Å²) in [6, 6.07) is 12.8. The molecule has 8 heteroatoms. The summed E-state index contributed by atoms with van der Waals surface area (Å²) in [4.78, 5) is 12.9. The minimum atomic E-state index is -3.31. The number of hydrogen-bond donors (Lipinski definition) is 1. The molecule has 136 valence electrons. The van der Waals surface area contributed by atoms with Crippen LogP contribution >= 0.6 is 0 Å². The van der Waals surface area contributed by atoms with Gasteiger partial charge in [-0.1, -0.05) is 18.2 Å². The van der Waals surface area contributed by atoms with Gasteiger partial charge in [-0.15, -0.1) is 0 Å². The Balaban J connectivity index is 1.69. The van der Waals surface area contributed by atoms with Gasteiger partial charge in [0.25, 0.3) is 0 Å². The van der Waals surface area contributed by atoms with Crippen LogP contribution in [0.4, 0.5) is 5.82 Å². The molecule has 0 fully saturated rings. The fourth-order valence-electron chi connectivity index (χ4n) is 2.90. The van der Waals surface area contributed by atoms with Gasteiger partial charge in [0, 0.05) is 30.6 Å². The molecule has 2 aromatic heterocycles. The van der Waals surface area contributed by atoms with Gasteiger partial charge in [-0.2, -0.15) is 0 Å². The molecule has 4 rings (SSSR count). The van der Waals surface area contributed by atoms with Gasteiger partial charge in [0.15, 0.2) is 9.84 Å². The molecule has 0 spiro atoms. The molecule has 2 aromatic carbocycles. The Morgan fingerprint density at radius 3 is 2.74 bits per heavy atom. The first-order valence-corrected chi connectivity index (χ1v) is 10.2. The molecule has 7 nitrogen and oxygen atoms in total. The number of sulfone groups is 1. The number of nitrogens with zero attached hydrogens (tertiary/aromatic N) is 4. The maximum Gasteiger partial charge on any atom is 0.175 e. The predicted molar refractivity (Wildman–Crippen MR) is 104 cm³/mol. The predicted octanol–water partition coefficient (Wildman–Crippen LogP) is 2.83. The standard InChI is InChI=1S/C19H17N5O2S/c1-27(25,26)15-6-7-17-16(10-15)19(23-12-22-17)21-11-14-4-2-3-5-18(14)24-9-8-20-13-24/h2-10,12-13H,11H2,1H3,(H,21,22,23). The van der Waals surface area contributed by atoms with E-state index in [0.29, 0.717) is 23.3 Å². The molecule has 0 saturated carbocycles. The molecule has 1 N–H and O–H groups in total. The Kier molecular flexibility index (Phi) is 4.33. The van der Waals surface area contributed by atoms with Crippen molar-refractivity contribution in [3.8, 4) is 5.69 Å². The lowest BCUT2D eigenvalue weighted by molar-refractivity contribution is 0.602. The fourth-order valence-corrected chi connectivity index (χ4v) is 3.55. The van der Waals surface area contributed by atoms with Crippen molar-refractivity contribution in [2.45, 2.75) is 11.4 Å². The van der Waals surface area contributed by atoms with Crippen LogP contribution in [0, 0.1) is 0 Å². The van der Waals surface area contributed by atoms with Gasteiger partial charge in [-0.3, -0.25) is 0 Å². The van der Waals surface area contributed by atoms with Crippen molar-refractivity contribution in [1.82, 2.24) is 19.5 Å². The van der Waals surface area contributed by atoms with Gasteiger partial charge in [0.05, 0.1) is 22.4 Å². The molecular weight excluding hydrogens is 362 g/mol. The van der Waals surface area contributed by atoms with Crippen molar-refractivity contribution in [3.05, 3.63) is 73.1 Å². The van der Waals surface area contributed by atoms with E-state index in [4.69, 9.17) is 0 Å². The van der Waals surface area contributed by atoms with Crippen LogP contribution in [0.25, 0.3) is 16.6 Å². The Hall–Kier alpha value is -3.26. The van der Waals surface area contributed by atoms with Crippen LogP contribution < -0.4 is 5.32 Å². The largest absolute Gasteiger partial charge is 0.365 e. The van der Waals surface area contributed by atoms with Gasteiger partial charge < -0.3 is 9.88 Å². The molecule has 0 saturated heterocycles. The number of rotatable bonds is 5. The van der Waals surface area contributed by atoms with Gasteiger partial charge in [0.1, 0.15) is 12.1 Å². The van der Waals surface area contributed by atoms with E-state index in [1.165, 1.54) is 12.6 Å². The SMILES string of the molecule is CS(=O)(=O)c1ccc2ncnc(NCc3ccccc3-n3ccnc3)c2c1. The van der Waals surface area contributed by atoms with Gasteiger partial charge in [-0.05, 0) is 29.8 Å². The second-order valence-corrected chi connectivity index (χ2v) is 8.14. The lowest BCUT2D eigenvalue weighted by atomic mass is 10.1. The summed E-state index contributed by atoms with van der Waals surface area (Å²) in [5.74, 6) is 0.589. The number of benzene rings is 2. The molecule has 27 heavy (non-hydrogen) atoms.